The first kappa shape index (κ1) is 19.3. The molecular weight excluding hydrogens is 412 g/mol. The molecule has 1 saturated heterocycles. The van der Waals surface area contributed by atoms with Gasteiger partial charge in [0.15, 0.2) is 11.5 Å². The van der Waals surface area contributed by atoms with Crippen LogP contribution in [0.3, 0.4) is 0 Å². The number of hydrogen-bond donors (Lipinski definition) is 4. The van der Waals surface area contributed by atoms with Gasteiger partial charge < -0.3 is 9.84 Å². The predicted molar refractivity (Wildman–Crippen MR) is 107 cm³/mol. The number of phenols is 1. The minimum Gasteiger partial charge on any atom is -0.504 e. The van der Waals surface area contributed by atoms with Gasteiger partial charge in [-0.1, -0.05) is 34.1 Å². The SMILES string of the molecule is CCOc1cccc(/C=N/NC(=O)C2CC(c3ccc(Br)cc3)NN2)c1O. The van der Waals surface area contributed by atoms with Crippen LogP contribution < -0.4 is 21.0 Å². The quantitative estimate of drug-likeness (QED) is 0.415. The van der Waals surface area contributed by atoms with Gasteiger partial charge in [-0.15, -0.1) is 0 Å². The summed E-state index contributed by atoms with van der Waals surface area (Å²) in [5.74, 6) is 0.124. The Bertz CT molecular complexity index is 826. The van der Waals surface area contributed by atoms with Crippen LogP contribution in [0.2, 0.25) is 0 Å². The number of carbonyl (C=O) groups excluding carboxylic acids is 1. The van der Waals surface area contributed by atoms with Crippen molar-refractivity contribution in [2.24, 2.45) is 5.10 Å². The monoisotopic (exact) mass is 432 g/mol. The Morgan fingerprint density at radius 1 is 1.33 bits per heavy atom. The maximum Gasteiger partial charge on any atom is 0.258 e. The predicted octanol–water partition coefficient (Wildman–Crippen LogP) is 2.61. The molecule has 2 aromatic carbocycles. The Hall–Kier alpha value is -2.42. The number of hydrazine groups is 1. The van der Waals surface area contributed by atoms with Crippen LogP contribution in [0.15, 0.2) is 52.0 Å². The molecule has 142 valence electrons. The van der Waals surface area contributed by atoms with E-state index >= 15 is 0 Å². The number of aromatic hydroxyl groups is 1. The lowest BCUT2D eigenvalue weighted by Crippen LogP contribution is -2.41. The number of hydrazone groups is 1. The molecule has 4 N–H and O–H groups in total. The zero-order valence-electron chi connectivity index (χ0n) is 14.8. The van der Waals surface area contributed by atoms with Crippen molar-refractivity contribution in [3.8, 4) is 11.5 Å². The Morgan fingerprint density at radius 3 is 2.85 bits per heavy atom. The molecule has 1 heterocycles. The highest BCUT2D eigenvalue weighted by Gasteiger charge is 2.29. The fraction of sp³-hybridized carbons (Fsp3) is 0.263. The minimum atomic E-state index is -0.404. The van der Waals surface area contributed by atoms with E-state index in [-0.39, 0.29) is 17.7 Å². The van der Waals surface area contributed by atoms with Crippen molar-refractivity contribution < 1.29 is 14.6 Å². The molecule has 1 amide bonds. The van der Waals surface area contributed by atoms with Crippen LogP contribution in [0.25, 0.3) is 0 Å². The first-order valence-electron chi connectivity index (χ1n) is 8.62. The highest BCUT2D eigenvalue weighted by atomic mass is 79.9. The molecule has 0 bridgehead atoms. The van der Waals surface area contributed by atoms with Crippen LogP contribution in [-0.4, -0.2) is 29.9 Å². The van der Waals surface area contributed by atoms with Gasteiger partial charge in [0, 0.05) is 16.1 Å². The van der Waals surface area contributed by atoms with Gasteiger partial charge in [-0.25, -0.2) is 16.3 Å². The number of para-hydroxylation sites is 1. The van der Waals surface area contributed by atoms with E-state index in [1.165, 1.54) is 6.21 Å². The molecule has 0 saturated carbocycles. The summed E-state index contributed by atoms with van der Waals surface area (Å²) in [6.07, 6.45) is 2.00. The van der Waals surface area contributed by atoms with Crippen molar-refractivity contribution in [2.45, 2.75) is 25.4 Å². The van der Waals surface area contributed by atoms with Gasteiger partial charge >= 0.3 is 0 Å². The van der Waals surface area contributed by atoms with E-state index in [0.29, 0.717) is 24.3 Å². The number of benzene rings is 2. The summed E-state index contributed by atoms with van der Waals surface area (Å²) in [7, 11) is 0. The van der Waals surface area contributed by atoms with Crippen molar-refractivity contribution in [1.82, 2.24) is 16.3 Å². The van der Waals surface area contributed by atoms with Crippen LogP contribution in [0.4, 0.5) is 0 Å². The molecule has 1 fully saturated rings. The van der Waals surface area contributed by atoms with E-state index in [2.05, 4.69) is 37.3 Å². The van der Waals surface area contributed by atoms with E-state index in [0.717, 1.165) is 10.0 Å². The molecule has 3 rings (SSSR count). The topological polar surface area (TPSA) is 95.0 Å². The number of rotatable bonds is 6. The van der Waals surface area contributed by atoms with E-state index in [9.17, 15) is 9.90 Å². The lowest BCUT2D eigenvalue weighted by atomic mass is 10.0. The van der Waals surface area contributed by atoms with Gasteiger partial charge in [0.05, 0.1) is 12.8 Å². The summed E-state index contributed by atoms with van der Waals surface area (Å²) >= 11 is 3.41. The fourth-order valence-electron chi connectivity index (χ4n) is 2.80. The largest absolute Gasteiger partial charge is 0.504 e. The lowest BCUT2D eigenvalue weighted by molar-refractivity contribution is -0.122. The second kappa shape index (κ2) is 8.98. The summed E-state index contributed by atoms with van der Waals surface area (Å²) in [5.41, 5.74) is 10.2. The second-order valence-corrected chi connectivity index (χ2v) is 6.96. The number of amides is 1. The molecule has 0 aliphatic carbocycles. The molecule has 2 atom stereocenters. The van der Waals surface area contributed by atoms with Crippen LogP contribution in [0.1, 0.15) is 30.5 Å². The maximum absolute atomic E-state index is 12.3. The van der Waals surface area contributed by atoms with Crippen LogP contribution in [-0.2, 0) is 4.79 Å². The molecule has 2 aromatic rings. The third-order valence-corrected chi connectivity index (χ3v) is 4.73. The summed E-state index contributed by atoms with van der Waals surface area (Å²) in [4.78, 5) is 12.3. The first-order valence-corrected chi connectivity index (χ1v) is 9.42. The summed E-state index contributed by atoms with van der Waals surface area (Å²) in [6, 6.07) is 12.7. The van der Waals surface area contributed by atoms with Crippen molar-refractivity contribution in [3.63, 3.8) is 0 Å². The van der Waals surface area contributed by atoms with Crippen LogP contribution in [0, 0.1) is 0 Å². The molecule has 2 unspecified atom stereocenters. The molecule has 0 aromatic heterocycles. The zero-order valence-corrected chi connectivity index (χ0v) is 16.4. The summed E-state index contributed by atoms with van der Waals surface area (Å²) in [5, 5.41) is 14.1. The Kier molecular flexibility index (Phi) is 6.44. The molecule has 0 spiro atoms. The van der Waals surface area contributed by atoms with E-state index < -0.39 is 6.04 Å². The smallest absolute Gasteiger partial charge is 0.258 e. The molecule has 27 heavy (non-hydrogen) atoms. The number of carbonyl (C=O) groups is 1. The molecule has 0 radical (unpaired) electrons. The maximum atomic E-state index is 12.3. The molecular formula is C19H21BrN4O3. The van der Waals surface area contributed by atoms with Crippen LogP contribution >= 0.6 is 15.9 Å². The molecule has 7 nitrogen and oxygen atoms in total. The number of halogens is 1. The van der Waals surface area contributed by atoms with Crippen molar-refractivity contribution in [2.75, 3.05) is 6.61 Å². The first-order chi connectivity index (χ1) is 13.1. The molecule has 1 aliphatic heterocycles. The molecule has 8 heteroatoms. The second-order valence-electron chi connectivity index (χ2n) is 6.04. The number of nitrogens with one attached hydrogen (secondary N) is 3. The van der Waals surface area contributed by atoms with Gasteiger partial charge in [-0.2, -0.15) is 5.10 Å². The average molecular weight is 433 g/mol. The number of ether oxygens (including phenoxy) is 1. The molecule has 1 aliphatic rings. The van der Waals surface area contributed by atoms with Gasteiger partial charge in [0.1, 0.15) is 6.04 Å². The standard InChI is InChI=1S/C19H21BrN4O3/c1-2-27-17-5-3-4-13(18(17)25)11-21-24-19(26)16-10-15(22-23-16)12-6-8-14(20)9-7-12/h3-9,11,15-16,22-23,25H,2,10H2,1H3,(H,24,26)/b21-11+. The van der Waals surface area contributed by atoms with Gasteiger partial charge in [0.25, 0.3) is 5.91 Å². The van der Waals surface area contributed by atoms with Gasteiger partial charge in [-0.3, -0.25) is 4.79 Å². The third kappa shape index (κ3) is 4.85. The van der Waals surface area contributed by atoms with Gasteiger partial charge in [0.2, 0.25) is 0 Å². The van der Waals surface area contributed by atoms with Crippen molar-refractivity contribution in [3.05, 3.63) is 58.1 Å². The van der Waals surface area contributed by atoms with E-state index in [1.54, 1.807) is 18.2 Å². The fourth-order valence-corrected chi connectivity index (χ4v) is 3.06. The van der Waals surface area contributed by atoms with E-state index in [4.69, 9.17) is 4.74 Å². The summed E-state index contributed by atoms with van der Waals surface area (Å²) in [6.45, 7) is 2.29. The normalized spacial score (nSPS) is 19.3. The average Bonchev–Trinajstić information content (AvgIpc) is 3.15. The number of hydrogen-bond acceptors (Lipinski definition) is 6. The minimum absolute atomic E-state index is 0.00619. The highest BCUT2D eigenvalue weighted by molar-refractivity contribution is 9.10. The summed E-state index contributed by atoms with van der Waals surface area (Å²) < 4.78 is 6.34. The van der Waals surface area contributed by atoms with E-state index in [1.807, 2.05) is 31.2 Å². The Morgan fingerprint density at radius 2 is 2.11 bits per heavy atom. The van der Waals surface area contributed by atoms with Crippen molar-refractivity contribution in [1.29, 1.82) is 0 Å². The van der Waals surface area contributed by atoms with Crippen LogP contribution in [0.5, 0.6) is 11.5 Å². The zero-order chi connectivity index (χ0) is 19.2. The Labute approximate surface area is 165 Å². The van der Waals surface area contributed by atoms with Gasteiger partial charge in [-0.05, 0) is 43.2 Å². The highest BCUT2D eigenvalue weighted by Crippen LogP contribution is 2.28. The Balaban J connectivity index is 1.56. The van der Waals surface area contributed by atoms with Crippen molar-refractivity contribution >= 4 is 28.1 Å². The number of phenolic OH excluding ortho intramolecular Hbond substituents is 1. The lowest BCUT2D eigenvalue weighted by Gasteiger charge is -2.09. The third-order valence-electron chi connectivity index (χ3n) is 4.20. The number of nitrogens with zero attached hydrogens (tertiary/aromatic N) is 1.